The van der Waals surface area contributed by atoms with E-state index < -0.39 is 0 Å². The zero-order chi connectivity index (χ0) is 14.4. The summed E-state index contributed by atoms with van der Waals surface area (Å²) in [7, 11) is 0. The molecule has 1 unspecified atom stereocenters. The first kappa shape index (κ1) is 14.2. The smallest absolute Gasteiger partial charge is 0.272 e. The van der Waals surface area contributed by atoms with Gasteiger partial charge in [0.2, 0.25) is 0 Å². The number of rotatable bonds is 6. The highest BCUT2D eigenvalue weighted by Crippen LogP contribution is 2.20. The lowest BCUT2D eigenvalue weighted by Gasteiger charge is -2.11. The molecule has 0 bridgehead atoms. The molecule has 0 spiro atoms. The summed E-state index contributed by atoms with van der Waals surface area (Å²) >= 11 is 0. The summed E-state index contributed by atoms with van der Waals surface area (Å²) in [5.74, 6) is 0. The lowest BCUT2D eigenvalue weighted by atomic mass is 9.99. The molecule has 0 saturated carbocycles. The fourth-order valence-corrected chi connectivity index (χ4v) is 2.26. The molecule has 2 rings (SSSR count). The van der Waals surface area contributed by atoms with Crippen molar-refractivity contribution in [2.75, 3.05) is 0 Å². The second-order valence-electron chi connectivity index (χ2n) is 4.87. The minimum Gasteiger partial charge on any atom is -0.327 e. The van der Waals surface area contributed by atoms with Crippen molar-refractivity contribution in [2.24, 2.45) is 5.73 Å². The van der Waals surface area contributed by atoms with Gasteiger partial charge in [0.05, 0.1) is 4.92 Å². The van der Waals surface area contributed by atoms with Gasteiger partial charge in [0.25, 0.3) is 5.69 Å². The van der Waals surface area contributed by atoms with E-state index in [1.807, 2.05) is 36.4 Å². The maximum Gasteiger partial charge on any atom is 0.272 e. The number of para-hydroxylation sites is 1. The van der Waals surface area contributed by atoms with Crippen molar-refractivity contribution < 1.29 is 4.92 Å². The maximum absolute atomic E-state index is 10.9. The van der Waals surface area contributed by atoms with Crippen molar-refractivity contribution in [1.29, 1.82) is 0 Å². The highest BCUT2D eigenvalue weighted by molar-refractivity contribution is 5.39. The molecule has 0 aliphatic carbocycles. The molecule has 0 aliphatic heterocycles. The Bertz CT molecular complexity index is 570. The van der Waals surface area contributed by atoms with Crippen molar-refractivity contribution >= 4 is 5.69 Å². The molecule has 0 amide bonds. The molecular weight excluding hydrogens is 252 g/mol. The van der Waals surface area contributed by atoms with Gasteiger partial charge in [0, 0.05) is 17.7 Å². The molecule has 104 valence electrons. The third-order valence-corrected chi connectivity index (χ3v) is 3.31. The van der Waals surface area contributed by atoms with Crippen LogP contribution in [0, 0.1) is 10.1 Å². The van der Waals surface area contributed by atoms with E-state index in [0.717, 1.165) is 18.4 Å². The molecule has 1 atom stereocenters. The number of nitrogens with zero attached hydrogens (tertiary/aromatic N) is 1. The molecule has 0 aromatic heterocycles. The third kappa shape index (κ3) is 3.90. The van der Waals surface area contributed by atoms with E-state index >= 15 is 0 Å². The van der Waals surface area contributed by atoms with Crippen LogP contribution in [0.15, 0.2) is 54.6 Å². The number of nitrogens with two attached hydrogens (primary N) is 1. The minimum absolute atomic E-state index is 0.0113. The second-order valence-corrected chi connectivity index (χ2v) is 4.87. The minimum atomic E-state index is -0.335. The standard InChI is InChI=1S/C16H18N2O2/c17-15(12-13-6-2-1-3-7-13)11-10-14-8-4-5-9-16(14)18(19)20/h1-9,15H,10-12,17H2. The van der Waals surface area contributed by atoms with E-state index in [2.05, 4.69) is 0 Å². The summed E-state index contributed by atoms with van der Waals surface area (Å²) in [4.78, 5) is 10.6. The molecule has 0 saturated heterocycles. The number of aryl methyl sites for hydroxylation is 1. The average Bonchev–Trinajstić information content (AvgIpc) is 2.46. The van der Waals surface area contributed by atoms with E-state index in [0.29, 0.717) is 6.42 Å². The van der Waals surface area contributed by atoms with Gasteiger partial charge in [0.15, 0.2) is 0 Å². The van der Waals surface area contributed by atoms with Crippen LogP contribution in [0.1, 0.15) is 17.5 Å². The lowest BCUT2D eigenvalue weighted by molar-refractivity contribution is -0.385. The number of nitro benzene ring substituents is 1. The summed E-state index contributed by atoms with van der Waals surface area (Å²) in [5.41, 5.74) is 8.24. The molecule has 0 heterocycles. The Morgan fingerprint density at radius 3 is 2.40 bits per heavy atom. The number of benzene rings is 2. The zero-order valence-electron chi connectivity index (χ0n) is 11.2. The second kappa shape index (κ2) is 6.82. The van der Waals surface area contributed by atoms with Crippen LogP contribution in [0.25, 0.3) is 0 Å². The normalized spacial score (nSPS) is 12.1. The van der Waals surface area contributed by atoms with Gasteiger partial charge in [-0.3, -0.25) is 10.1 Å². The summed E-state index contributed by atoms with van der Waals surface area (Å²) in [6.45, 7) is 0. The molecule has 0 aliphatic rings. The Morgan fingerprint density at radius 2 is 1.70 bits per heavy atom. The van der Waals surface area contributed by atoms with Gasteiger partial charge in [-0.1, -0.05) is 48.5 Å². The molecule has 4 heteroatoms. The van der Waals surface area contributed by atoms with Crippen LogP contribution in [0.4, 0.5) is 5.69 Å². The quantitative estimate of drug-likeness (QED) is 0.647. The SMILES string of the molecule is NC(CCc1ccccc1[N+](=O)[O-])Cc1ccccc1. The first-order valence-corrected chi connectivity index (χ1v) is 6.68. The average molecular weight is 270 g/mol. The van der Waals surface area contributed by atoms with E-state index in [-0.39, 0.29) is 16.7 Å². The van der Waals surface area contributed by atoms with Gasteiger partial charge in [-0.25, -0.2) is 0 Å². The van der Waals surface area contributed by atoms with Crippen LogP contribution in [-0.4, -0.2) is 11.0 Å². The molecule has 2 aromatic rings. The van der Waals surface area contributed by atoms with E-state index in [1.165, 1.54) is 11.6 Å². The van der Waals surface area contributed by atoms with E-state index in [4.69, 9.17) is 5.73 Å². The molecule has 4 nitrogen and oxygen atoms in total. The predicted octanol–water partition coefficient (Wildman–Crippen LogP) is 3.10. The first-order valence-electron chi connectivity index (χ1n) is 6.68. The molecule has 0 fully saturated rings. The fourth-order valence-electron chi connectivity index (χ4n) is 2.26. The Hall–Kier alpha value is -2.20. The van der Waals surface area contributed by atoms with Crippen molar-refractivity contribution in [3.8, 4) is 0 Å². The predicted molar refractivity (Wildman–Crippen MR) is 79.5 cm³/mol. The van der Waals surface area contributed by atoms with E-state index in [9.17, 15) is 10.1 Å². The van der Waals surface area contributed by atoms with Gasteiger partial charge < -0.3 is 5.73 Å². The molecular formula is C16H18N2O2. The summed E-state index contributed by atoms with van der Waals surface area (Å²) < 4.78 is 0. The van der Waals surface area contributed by atoms with Gasteiger partial charge in [-0.2, -0.15) is 0 Å². The van der Waals surface area contributed by atoms with Crippen LogP contribution in [0.5, 0.6) is 0 Å². The van der Waals surface area contributed by atoms with Crippen LogP contribution < -0.4 is 5.73 Å². The summed E-state index contributed by atoms with van der Waals surface area (Å²) in [6, 6.07) is 16.9. The number of hydrogen-bond donors (Lipinski definition) is 1. The van der Waals surface area contributed by atoms with Crippen LogP contribution in [-0.2, 0) is 12.8 Å². The van der Waals surface area contributed by atoms with Crippen molar-refractivity contribution in [1.82, 2.24) is 0 Å². The summed E-state index contributed by atoms with van der Waals surface area (Å²) in [5, 5.41) is 10.9. The lowest BCUT2D eigenvalue weighted by Crippen LogP contribution is -2.23. The fraction of sp³-hybridized carbons (Fsp3) is 0.250. The molecule has 2 aromatic carbocycles. The molecule has 2 N–H and O–H groups in total. The molecule has 20 heavy (non-hydrogen) atoms. The van der Waals surface area contributed by atoms with Gasteiger partial charge in [-0.15, -0.1) is 0 Å². The topological polar surface area (TPSA) is 69.2 Å². The van der Waals surface area contributed by atoms with Crippen LogP contribution in [0.3, 0.4) is 0 Å². The Labute approximate surface area is 118 Å². The van der Waals surface area contributed by atoms with Gasteiger partial charge in [0.1, 0.15) is 0 Å². The van der Waals surface area contributed by atoms with Crippen molar-refractivity contribution in [2.45, 2.75) is 25.3 Å². The monoisotopic (exact) mass is 270 g/mol. The van der Waals surface area contributed by atoms with Crippen LogP contribution >= 0.6 is 0 Å². The van der Waals surface area contributed by atoms with Crippen LogP contribution in [0.2, 0.25) is 0 Å². The van der Waals surface area contributed by atoms with Crippen molar-refractivity contribution in [3.05, 3.63) is 75.8 Å². The van der Waals surface area contributed by atoms with Gasteiger partial charge >= 0.3 is 0 Å². The molecule has 0 radical (unpaired) electrons. The largest absolute Gasteiger partial charge is 0.327 e. The first-order chi connectivity index (χ1) is 9.66. The Balaban J connectivity index is 1.94. The highest BCUT2D eigenvalue weighted by atomic mass is 16.6. The number of hydrogen-bond acceptors (Lipinski definition) is 3. The highest BCUT2D eigenvalue weighted by Gasteiger charge is 2.13. The van der Waals surface area contributed by atoms with E-state index in [1.54, 1.807) is 12.1 Å². The Morgan fingerprint density at radius 1 is 1.05 bits per heavy atom. The Kier molecular flexibility index (Phi) is 4.85. The zero-order valence-corrected chi connectivity index (χ0v) is 11.2. The van der Waals surface area contributed by atoms with Gasteiger partial charge in [-0.05, 0) is 24.8 Å². The van der Waals surface area contributed by atoms with Crippen molar-refractivity contribution in [3.63, 3.8) is 0 Å². The third-order valence-electron chi connectivity index (χ3n) is 3.31. The summed E-state index contributed by atoms with van der Waals surface area (Å²) in [6.07, 6.45) is 2.16. The maximum atomic E-state index is 10.9. The number of nitro groups is 1.